The minimum Gasteiger partial charge on any atom is -0.384 e. The van der Waals surface area contributed by atoms with Crippen molar-refractivity contribution in [3.8, 4) is 0 Å². The third-order valence-corrected chi connectivity index (χ3v) is 1.67. The highest BCUT2D eigenvalue weighted by Crippen LogP contribution is 2.08. The lowest BCUT2D eigenvalue weighted by atomic mass is 10.3. The van der Waals surface area contributed by atoms with Crippen LogP contribution in [0.4, 0.5) is 11.6 Å². The van der Waals surface area contributed by atoms with E-state index in [2.05, 4.69) is 15.3 Å². The SMILES string of the molecule is COC[C@H](C)Nc1cc(N)nc(C)n1. The molecule has 1 heterocycles. The number of aromatic nitrogens is 2. The molecule has 14 heavy (non-hydrogen) atoms. The average molecular weight is 196 g/mol. The van der Waals surface area contributed by atoms with Gasteiger partial charge in [0.15, 0.2) is 0 Å². The van der Waals surface area contributed by atoms with E-state index in [1.54, 1.807) is 13.2 Å². The molecule has 0 bridgehead atoms. The lowest BCUT2D eigenvalue weighted by Gasteiger charge is -2.13. The summed E-state index contributed by atoms with van der Waals surface area (Å²) in [6.45, 7) is 4.45. The van der Waals surface area contributed by atoms with Crippen molar-refractivity contribution < 1.29 is 4.74 Å². The summed E-state index contributed by atoms with van der Waals surface area (Å²) in [7, 11) is 1.66. The van der Waals surface area contributed by atoms with Crippen molar-refractivity contribution in [3.63, 3.8) is 0 Å². The fourth-order valence-electron chi connectivity index (χ4n) is 1.21. The van der Waals surface area contributed by atoms with Crippen molar-refractivity contribution in [2.75, 3.05) is 24.8 Å². The van der Waals surface area contributed by atoms with Crippen LogP contribution in [0.15, 0.2) is 6.07 Å². The molecule has 1 rings (SSSR count). The molecule has 5 heteroatoms. The third-order valence-electron chi connectivity index (χ3n) is 1.67. The number of nitrogens with one attached hydrogen (secondary N) is 1. The molecule has 0 aromatic carbocycles. The molecule has 0 spiro atoms. The van der Waals surface area contributed by atoms with E-state index in [0.29, 0.717) is 18.2 Å². The maximum atomic E-state index is 5.59. The molecule has 0 aliphatic rings. The van der Waals surface area contributed by atoms with Crippen LogP contribution in [0.25, 0.3) is 0 Å². The number of rotatable bonds is 4. The maximum Gasteiger partial charge on any atom is 0.132 e. The van der Waals surface area contributed by atoms with Gasteiger partial charge in [-0.25, -0.2) is 9.97 Å². The Kier molecular flexibility index (Phi) is 3.64. The van der Waals surface area contributed by atoms with Gasteiger partial charge in [0.2, 0.25) is 0 Å². The summed E-state index contributed by atoms with van der Waals surface area (Å²) in [6, 6.07) is 1.91. The molecule has 0 fully saturated rings. The molecule has 0 saturated carbocycles. The Bertz CT molecular complexity index is 283. The van der Waals surface area contributed by atoms with Gasteiger partial charge >= 0.3 is 0 Å². The summed E-state index contributed by atoms with van der Waals surface area (Å²) >= 11 is 0. The van der Waals surface area contributed by atoms with Crippen LogP contribution in [0.5, 0.6) is 0 Å². The molecule has 1 atom stereocenters. The van der Waals surface area contributed by atoms with Gasteiger partial charge in [-0.1, -0.05) is 0 Å². The first kappa shape index (κ1) is 10.7. The highest BCUT2D eigenvalue weighted by molar-refractivity contribution is 5.44. The van der Waals surface area contributed by atoms with E-state index in [9.17, 15) is 0 Å². The fourth-order valence-corrected chi connectivity index (χ4v) is 1.21. The Balaban J connectivity index is 2.66. The molecular formula is C9H16N4O. The van der Waals surface area contributed by atoms with Gasteiger partial charge in [-0.2, -0.15) is 0 Å². The molecule has 0 saturated heterocycles. The molecule has 0 radical (unpaired) electrons. The Morgan fingerprint density at radius 1 is 1.57 bits per heavy atom. The Morgan fingerprint density at radius 2 is 2.29 bits per heavy atom. The van der Waals surface area contributed by atoms with Crippen LogP contribution in [0, 0.1) is 6.92 Å². The number of nitrogens with two attached hydrogens (primary N) is 1. The van der Waals surface area contributed by atoms with Gasteiger partial charge in [-0.15, -0.1) is 0 Å². The minimum absolute atomic E-state index is 0.202. The maximum absolute atomic E-state index is 5.59. The van der Waals surface area contributed by atoms with Crippen molar-refractivity contribution in [2.24, 2.45) is 0 Å². The van der Waals surface area contributed by atoms with Crippen LogP contribution in [0.3, 0.4) is 0 Å². The molecule has 1 aromatic rings. The predicted molar refractivity (Wildman–Crippen MR) is 56.1 cm³/mol. The monoisotopic (exact) mass is 196 g/mol. The first-order valence-electron chi connectivity index (χ1n) is 4.48. The third kappa shape index (κ3) is 3.18. The van der Waals surface area contributed by atoms with Crippen LogP contribution < -0.4 is 11.1 Å². The van der Waals surface area contributed by atoms with Crippen molar-refractivity contribution in [3.05, 3.63) is 11.9 Å². The largest absolute Gasteiger partial charge is 0.384 e. The summed E-state index contributed by atoms with van der Waals surface area (Å²) < 4.78 is 5.00. The smallest absolute Gasteiger partial charge is 0.132 e. The second-order valence-electron chi connectivity index (χ2n) is 3.23. The normalized spacial score (nSPS) is 12.5. The number of aryl methyl sites for hydroxylation is 1. The number of methoxy groups -OCH3 is 1. The Labute approximate surface area is 83.7 Å². The summed E-state index contributed by atoms with van der Waals surface area (Å²) in [6.07, 6.45) is 0. The number of nitrogens with zero attached hydrogens (tertiary/aromatic N) is 2. The zero-order chi connectivity index (χ0) is 10.6. The average Bonchev–Trinajstić information content (AvgIpc) is 2.01. The molecular weight excluding hydrogens is 180 g/mol. The van der Waals surface area contributed by atoms with Gasteiger partial charge in [0.1, 0.15) is 17.5 Å². The lowest BCUT2D eigenvalue weighted by molar-refractivity contribution is 0.190. The lowest BCUT2D eigenvalue weighted by Crippen LogP contribution is -2.21. The summed E-state index contributed by atoms with van der Waals surface area (Å²) in [5.74, 6) is 1.88. The first-order valence-corrected chi connectivity index (χ1v) is 4.48. The highest BCUT2D eigenvalue weighted by Gasteiger charge is 2.03. The molecule has 0 amide bonds. The number of hydrogen-bond acceptors (Lipinski definition) is 5. The van der Waals surface area contributed by atoms with E-state index in [1.165, 1.54) is 0 Å². The van der Waals surface area contributed by atoms with Crippen LogP contribution in [0.1, 0.15) is 12.7 Å². The molecule has 78 valence electrons. The van der Waals surface area contributed by atoms with E-state index in [1.807, 2.05) is 13.8 Å². The quantitative estimate of drug-likeness (QED) is 0.745. The second-order valence-corrected chi connectivity index (χ2v) is 3.23. The second kappa shape index (κ2) is 4.76. The van der Waals surface area contributed by atoms with E-state index in [-0.39, 0.29) is 6.04 Å². The Morgan fingerprint density at radius 3 is 2.86 bits per heavy atom. The van der Waals surface area contributed by atoms with Crippen LogP contribution >= 0.6 is 0 Å². The molecule has 5 nitrogen and oxygen atoms in total. The molecule has 3 N–H and O–H groups in total. The van der Waals surface area contributed by atoms with Crippen LogP contribution in [0.2, 0.25) is 0 Å². The number of nitrogen functional groups attached to an aromatic ring is 1. The van der Waals surface area contributed by atoms with Crippen LogP contribution in [-0.4, -0.2) is 29.7 Å². The summed E-state index contributed by atoms with van der Waals surface area (Å²) in [5.41, 5.74) is 5.59. The van der Waals surface area contributed by atoms with E-state index in [0.717, 1.165) is 5.82 Å². The standard InChI is InChI=1S/C9H16N4O/c1-6(5-14-3)11-9-4-8(10)12-7(2)13-9/h4,6H,5H2,1-3H3,(H3,10,11,12,13)/t6-/m0/s1. The van der Waals surface area contributed by atoms with Crippen molar-refractivity contribution in [1.82, 2.24) is 9.97 Å². The van der Waals surface area contributed by atoms with Crippen molar-refractivity contribution in [1.29, 1.82) is 0 Å². The van der Waals surface area contributed by atoms with Crippen molar-refractivity contribution in [2.45, 2.75) is 19.9 Å². The number of anilines is 2. The van der Waals surface area contributed by atoms with Crippen molar-refractivity contribution >= 4 is 11.6 Å². The van der Waals surface area contributed by atoms with Gasteiger partial charge < -0.3 is 15.8 Å². The van der Waals surface area contributed by atoms with E-state index >= 15 is 0 Å². The molecule has 0 aliphatic heterocycles. The summed E-state index contributed by atoms with van der Waals surface area (Å²) in [5, 5.41) is 3.17. The van der Waals surface area contributed by atoms with Gasteiger partial charge in [0, 0.05) is 19.2 Å². The van der Waals surface area contributed by atoms with E-state index in [4.69, 9.17) is 10.5 Å². The van der Waals surface area contributed by atoms with Crippen LogP contribution in [-0.2, 0) is 4.74 Å². The van der Waals surface area contributed by atoms with E-state index < -0.39 is 0 Å². The molecule has 0 aliphatic carbocycles. The van der Waals surface area contributed by atoms with Gasteiger partial charge in [-0.05, 0) is 13.8 Å². The zero-order valence-electron chi connectivity index (χ0n) is 8.74. The number of hydrogen-bond donors (Lipinski definition) is 2. The minimum atomic E-state index is 0.202. The molecule has 1 aromatic heterocycles. The zero-order valence-corrected chi connectivity index (χ0v) is 8.74. The fraction of sp³-hybridized carbons (Fsp3) is 0.556. The van der Waals surface area contributed by atoms with Gasteiger partial charge in [0.05, 0.1) is 6.61 Å². The first-order chi connectivity index (χ1) is 6.61. The molecule has 0 unspecified atom stereocenters. The summed E-state index contributed by atoms with van der Waals surface area (Å²) in [4.78, 5) is 8.18. The Hall–Kier alpha value is -1.36. The predicted octanol–water partition coefficient (Wildman–Crippen LogP) is 0.814. The van der Waals surface area contributed by atoms with Gasteiger partial charge in [-0.3, -0.25) is 0 Å². The topological polar surface area (TPSA) is 73.1 Å². The highest BCUT2D eigenvalue weighted by atomic mass is 16.5. The van der Waals surface area contributed by atoms with Gasteiger partial charge in [0.25, 0.3) is 0 Å². The number of ether oxygens (including phenoxy) is 1.